The molecule has 0 aliphatic carbocycles. The van der Waals surface area contributed by atoms with Gasteiger partial charge in [-0.3, -0.25) is 14.5 Å². The molecule has 2 amide bonds. The van der Waals surface area contributed by atoms with Crippen LogP contribution in [0.15, 0.2) is 66.7 Å². The smallest absolute Gasteiger partial charge is 0.246 e. The SMILES string of the molecule is O=C(NC(CN1CCOCC1)c1ccccc1)C1CCN(C(=O)/C=C/c2ccccc2)CC1. The Morgan fingerprint density at radius 2 is 1.58 bits per heavy atom. The molecule has 174 valence electrons. The first-order valence-corrected chi connectivity index (χ1v) is 11.9. The lowest BCUT2D eigenvalue weighted by Gasteiger charge is -2.34. The number of ether oxygens (including phenoxy) is 1. The van der Waals surface area contributed by atoms with E-state index in [0.717, 1.165) is 44.0 Å². The van der Waals surface area contributed by atoms with E-state index in [1.54, 1.807) is 6.08 Å². The zero-order chi connectivity index (χ0) is 22.9. The van der Waals surface area contributed by atoms with Gasteiger partial charge in [-0.05, 0) is 30.0 Å². The monoisotopic (exact) mass is 447 g/mol. The number of morpholine rings is 1. The van der Waals surface area contributed by atoms with E-state index < -0.39 is 0 Å². The summed E-state index contributed by atoms with van der Waals surface area (Å²) in [5.74, 6) is 0.0271. The predicted molar refractivity (Wildman–Crippen MR) is 129 cm³/mol. The Balaban J connectivity index is 1.31. The van der Waals surface area contributed by atoms with Crippen molar-refractivity contribution in [2.24, 2.45) is 5.92 Å². The first kappa shape index (κ1) is 23.2. The zero-order valence-electron chi connectivity index (χ0n) is 19.1. The third kappa shape index (κ3) is 6.76. The van der Waals surface area contributed by atoms with Crippen molar-refractivity contribution < 1.29 is 14.3 Å². The molecule has 2 aliphatic heterocycles. The number of piperidine rings is 1. The van der Waals surface area contributed by atoms with Crippen LogP contribution in [0, 0.1) is 5.92 Å². The number of nitrogens with one attached hydrogen (secondary N) is 1. The molecule has 2 heterocycles. The molecular weight excluding hydrogens is 414 g/mol. The fourth-order valence-electron chi connectivity index (χ4n) is 4.45. The molecular formula is C27H33N3O3. The van der Waals surface area contributed by atoms with E-state index in [9.17, 15) is 9.59 Å². The number of benzene rings is 2. The predicted octanol–water partition coefficient (Wildman–Crippen LogP) is 3.13. The minimum atomic E-state index is -0.0666. The first-order chi connectivity index (χ1) is 16.2. The van der Waals surface area contributed by atoms with Crippen LogP contribution >= 0.6 is 0 Å². The molecule has 0 bridgehead atoms. The first-order valence-electron chi connectivity index (χ1n) is 11.9. The second-order valence-electron chi connectivity index (χ2n) is 8.73. The zero-order valence-corrected chi connectivity index (χ0v) is 19.1. The Hall–Kier alpha value is -2.96. The minimum Gasteiger partial charge on any atom is -0.379 e. The summed E-state index contributed by atoms with van der Waals surface area (Å²) in [6.45, 7) is 5.24. The van der Waals surface area contributed by atoms with E-state index in [-0.39, 0.29) is 23.8 Å². The van der Waals surface area contributed by atoms with Gasteiger partial charge in [0.05, 0.1) is 19.3 Å². The second kappa shape index (κ2) is 11.8. The number of amides is 2. The number of carbonyl (C=O) groups is 2. The number of nitrogens with zero attached hydrogens (tertiary/aromatic N) is 2. The number of hydrogen-bond acceptors (Lipinski definition) is 4. The Kier molecular flexibility index (Phi) is 8.28. The van der Waals surface area contributed by atoms with Gasteiger partial charge in [0.1, 0.15) is 0 Å². The highest BCUT2D eigenvalue weighted by atomic mass is 16.5. The molecule has 0 radical (unpaired) electrons. The molecule has 2 aromatic rings. The third-order valence-corrected chi connectivity index (χ3v) is 6.46. The molecule has 33 heavy (non-hydrogen) atoms. The molecule has 6 nitrogen and oxygen atoms in total. The van der Waals surface area contributed by atoms with Gasteiger partial charge in [-0.2, -0.15) is 0 Å². The van der Waals surface area contributed by atoms with Crippen molar-refractivity contribution in [3.05, 3.63) is 77.9 Å². The van der Waals surface area contributed by atoms with Gasteiger partial charge in [-0.15, -0.1) is 0 Å². The molecule has 4 rings (SSSR count). The minimum absolute atomic E-state index is 0.00666. The highest BCUT2D eigenvalue weighted by molar-refractivity contribution is 5.92. The lowest BCUT2D eigenvalue weighted by Crippen LogP contribution is -2.46. The average molecular weight is 448 g/mol. The van der Waals surface area contributed by atoms with Crippen LogP contribution in [0.5, 0.6) is 0 Å². The van der Waals surface area contributed by atoms with Crippen LogP contribution < -0.4 is 5.32 Å². The van der Waals surface area contributed by atoms with Crippen LogP contribution in [0.4, 0.5) is 0 Å². The maximum Gasteiger partial charge on any atom is 0.246 e. The van der Waals surface area contributed by atoms with Crippen molar-refractivity contribution in [3.63, 3.8) is 0 Å². The molecule has 0 saturated carbocycles. The second-order valence-corrected chi connectivity index (χ2v) is 8.73. The van der Waals surface area contributed by atoms with Crippen molar-refractivity contribution >= 4 is 17.9 Å². The molecule has 0 aromatic heterocycles. The summed E-state index contributed by atoms with van der Waals surface area (Å²) in [5, 5.41) is 3.30. The van der Waals surface area contributed by atoms with Crippen LogP contribution in [-0.2, 0) is 14.3 Å². The van der Waals surface area contributed by atoms with E-state index in [1.807, 2.05) is 59.5 Å². The molecule has 6 heteroatoms. The summed E-state index contributed by atoms with van der Waals surface area (Å²) in [4.78, 5) is 29.9. The summed E-state index contributed by atoms with van der Waals surface area (Å²) in [7, 11) is 0. The quantitative estimate of drug-likeness (QED) is 0.663. The average Bonchev–Trinajstić information content (AvgIpc) is 2.88. The van der Waals surface area contributed by atoms with Crippen LogP contribution in [0.25, 0.3) is 6.08 Å². The lowest BCUT2D eigenvalue weighted by atomic mass is 9.94. The molecule has 2 fully saturated rings. The van der Waals surface area contributed by atoms with E-state index in [0.29, 0.717) is 25.9 Å². The molecule has 0 spiro atoms. The van der Waals surface area contributed by atoms with Gasteiger partial charge in [0, 0.05) is 44.7 Å². The van der Waals surface area contributed by atoms with Crippen LogP contribution in [-0.4, -0.2) is 67.6 Å². The Bertz CT molecular complexity index is 918. The maximum atomic E-state index is 13.1. The highest BCUT2D eigenvalue weighted by Gasteiger charge is 2.29. The molecule has 1 N–H and O–H groups in total. The summed E-state index contributed by atoms with van der Waals surface area (Å²) in [5.41, 5.74) is 2.13. The number of likely N-dealkylation sites (tertiary alicyclic amines) is 1. The van der Waals surface area contributed by atoms with Gasteiger partial charge < -0.3 is 15.0 Å². The standard InChI is InChI=1S/C27H33N3O3/c31-26(12-11-22-7-3-1-4-8-22)30-15-13-24(14-16-30)27(32)28-25(23-9-5-2-6-10-23)21-29-17-19-33-20-18-29/h1-12,24-25H,13-21H2,(H,28,32)/b12-11+. The third-order valence-electron chi connectivity index (χ3n) is 6.46. The number of carbonyl (C=O) groups excluding carboxylic acids is 2. The Morgan fingerprint density at radius 1 is 0.939 bits per heavy atom. The van der Waals surface area contributed by atoms with Crippen LogP contribution in [0.3, 0.4) is 0 Å². The molecule has 2 aromatic carbocycles. The van der Waals surface area contributed by atoms with E-state index in [4.69, 9.17) is 4.74 Å². The van der Waals surface area contributed by atoms with Gasteiger partial charge in [-0.1, -0.05) is 60.7 Å². The van der Waals surface area contributed by atoms with Crippen molar-refractivity contribution in [1.29, 1.82) is 0 Å². The molecule has 1 atom stereocenters. The highest BCUT2D eigenvalue weighted by Crippen LogP contribution is 2.21. The van der Waals surface area contributed by atoms with Crippen LogP contribution in [0.2, 0.25) is 0 Å². The summed E-state index contributed by atoms with van der Waals surface area (Å²) in [6, 6.07) is 19.9. The van der Waals surface area contributed by atoms with Gasteiger partial charge >= 0.3 is 0 Å². The van der Waals surface area contributed by atoms with Crippen molar-refractivity contribution in [3.8, 4) is 0 Å². The van der Waals surface area contributed by atoms with E-state index in [1.165, 1.54) is 0 Å². The normalized spacial score (nSPS) is 18.8. The van der Waals surface area contributed by atoms with Gasteiger partial charge in [0.25, 0.3) is 0 Å². The van der Waals surface area contributed by atoms with Crippen molar-refractivity contribution in [2.75, 3.05) is 45.9 Å². The Morgan fingerprint density at radius 3 is 2.24 bits per heavy atom. The molecule has 1 unspecified atom stereocenters. The van der Waals surface area contributed by atoms with E-state index in [2.05, 4.69) is 22.3 Å². The van der Waals surface area contributed by atoms with Crippen molar-refractivity contribution in [1.82, 2.24) is 15.1 Å². The summed E-state index contributed by atoms with van der Waals surface area (Å²) in [6.07, 6.45) is 4.85. The Labute approximate surface area is 196 Å². The molecule has 2 saturated heterocycles. The summed E-state index contributed by atoms with van der Waals surface area (Å²) >= 11 is 0. The fourth-order valence-corrected chi connectivity index (χ4v) is 4.45. The van der Waals surface area contributed by atoms with Crippen molar-refractivity contribution in [2.45, 2.75) is 18.9 Å². The van der Waals surface area contributed by atoms with Gasteiger partial charge in [0.2, 0.25) is 11.8 Å². The fraction of sp³-hybridized carbons (Fsp3) is 0.407. The molecule has 2 aliphatic rings. The topological polar surface area (TPSA) is 61.9 Å². The maximum absolute atomic E-state index is 13.1. The number of hydrogen-bond donors (Lipinski definition) is 1. The van der Waals surface area contributed by atoms with Gasteiger partial charge in [0.15, 0.2) is 0 Å². The summed E-state index contributed by atoms with van der Waals surface area (Å²) < 4.78 is 5.47. The van der Waals surface area contributed by atoms with Gasteiger partial charge in [-0.25, -0.2) is 0 Å². The largest absolute Gasteiger partial charge is 0.379 e. The number of rotatable bonds is 7. The van der Waals surface area contributed by atoms with E-state index >= 15 is 0 Å². The lowest BCUT2D eigenvalue weighted by molar-refractivity contribution is -0.132. The van der Waals surface area contributed by atoms with Crippen LogP contribution in [0.1, 0.15) is 30.0 Å².